The van der Waals surface area contributed by atoms with Crippen LogP contribution in [-0.2, 0) is 0 Å². The third-order valence-corrected chi connectivity index (χ3v) is 2.98. The minimum Gasteiger partial charge on any atom is -0.395 e. The third kappa shape index (κ3) is 2.76. The van der Waals surface area contributed by atoms with Gasteiger partial charge in [-0.2, -0.15) is 0 Å². The molecule has 0 heterocycles. The summed E-state index contributed by atoms with van der Waals surface area (Å²) in [6.45, 7) is -0.235. The van der Waals surface area contributed by atoms with E-state index in [4.69, 9.17) is 10.8 Å². The maximum absolute atomic E-state index is 9.87. The fourth-order valence-electron chi connectivity index (χ4n) is 1.85. The molecule has 0 bridgehead atoms. The van der Waals surface area contributed by atoms with Gasteiger partial charge < -0.3 is 15.9 Å². The van der Waals surface area contributed by atoms with Crippen molar-refractivity contribution in [3.63, 3.8) is 0 Å². The van der Waals surface area contributed by atoms with E-state index in [1.807, 2.05) is 54.6 Å². The molecule has 0 aliphatic heterocycles. The zero-order valence-electron chi connectivity index (χ0n) is 10.0. The molecule has 0 saturated heterocycles. The van der Waals surface area contributed by atoms with Crippen molar-refractivity contribution >= 4 is 0 Å². The molecule has 0 amide bonds. The number of benzene rings is 2. The molecule has 3 heteroatoms. The predicted molar refractivity (Wildman–Crippen MR) is 71.9 cm³/mol. The van der Waals surface area contributed by atoms with Gasteiger partial charge >= 0.3 is 0 Å². The molecule has 3 nitrogen and oxygen atoms in total. The lowest BCUT2D eigenvalue weighted by Gasteiger charge is -2.17. The minimum atomic E-state index is -0.833. The summed E-state index contributed by atoms with van der Waals surface area (Å²) in [4.78, 5) is 0. The summed E-state index contributed by atoms with van der Waals surface area (Å²) in [7, 11) is 0. The van der Waals surface area contributed by atoms with Crippen molar-refractivity contribution in [2.75, 3.05) is 6.61 Å². The highest BCUT2D eigenvalue weighted by Gasteiger charge is 2.15. The monoisotopic (exact) mass is 243 g/mol. The van der Waals surface area contributed by atoms with E-state index in [9.17, 15) is 5.11 Å². The highest BCUT2D eigenvalue weighted by molar-refractivity contribution is 5.63. The summed E-state index contributed by atoms with van der Waals surface area (Å²) in [5, 5.41) is 18.8. The van der Waals surface area contributed by atoms with Crippen LogP contribution in [0, 0.1) is 0 Å². The Labute approximate surface area is 107 Å². The van der Waals surface area contributed by atoms with Crippen molar-refractivity contribution < 1.29 is 10.2 Å². The van der Waals surface area contributed by atoms with Gasteiger partial charge in [-0.3, -0.25) is 0 Å². The zero-order valence-corrected chi connectivity index (χ0v) is 10.0. The lowest BCUT2D eigenvalue weighted by molar-refractivity contribution is 0.109. The van der Waals surface area contributed by atoms with Gasteiger partial charge in [-0.25, -0.2) is 0 Å². The van der Waals surface area contributed by atoms with Gasteiger partial charge in [0.05, 0.1) is 18.8 Å². The van der Waals surface area contributed by atoms with E-state index in [0.29, 0.717) is 0 Å². The summed E-state index contributed by atoms with van der Waals surface area (Å²) in [6.07, 6.45) is -0.833. The molecule has 0 aromatic heterocycles. The van der Waals surface area contributed by atoms with Crippen LogP contribution in [0.1, 0.15) is 11.7 Å². The SMILES string of the molecule is N[C@H](CO)[C@H](O)c1ccc(-c2ccccc2)cc1. The average Bonchev–Trinajstić information content (AvgIpc) is 2.47. The summed E-state index contributed by atoms with van der Waals surface area (Å²) in [6, 6.07) is 16.9. The molecule has 4 N–H and O–H groups in total. The molecule has 0 unspecified atom stereocenters. The van der Waals surface area contributed by atoms with Crippen LogP contribution in [-0.4, -0.2) is 22.9 Å². The second-order valence-corrected chi connectivity index (χ2v) is 4.28. The topological polar surface area (TPSA) is 66.5 Å². The van der Waals surface area contributed by atoms with Gasteiger partial charge in [0.1, 0.15) is 0 Å². The standard InChI is InChI=1S/C15H17NO2/c16-14(10-17)15(18)13-8-6-12(7-9-13)11-4-2-1-3-5-11/h1-9,14-15,17-18H,10,16H2/t14-,15-/m1/s1. The molecule has 0 aliphatic rings. The molecule has 2 aromatic rings. The second-order valence-electron chi connectivity index (χ2n) is 4.28. The number of aliphatic hydroxyl groups is 2. The summed E-state index contributed by atoms with van der Waals surface area (Å²) < 4.78 is 0. The number of hydrogen-bond acceptors (Lipinski definition) is 3. The normalized spacial score (nSPS) is 14.2. The lowest BCUT2D eigenvalue weighted by Crippen LogP contribution is -2.31. The molecule has 2 aromatic carbocycles. The molecule has 0 saturated carbocycles. The van der Waals surface area contributed by atoms with Crippen LogP contribution in [0.2, 0.25) is 0 Å². The van der Waals surface area contributed by atoms with E-state index in [1.165, 1.54) is 0 Å². The number of nitrogens with two attached hydrogens (primary N) is 1. The Morgan fingerprint density at radius 2 is 1.44 bits per heavy atom. The van der Waals surface area contributed by atoms with Gasteiger partial charge in [0.2, 0.25) is 0 Å². The third-order valence-electron chi connectivity index (χ3n) is 2.98. The van der Waals surface area contributed by atoms with Crippen molar-refractivity contribution in [3.05, 3.63) is 60.2 Å². The van der Waals surface area contributed by atoms with Crippen LogP contribution < -0.4 is 5.73 Å². The van der Waals surface area contributed by atoms with Crippen LogP contribution in [0.25, 0.3) is 11.1 Å². The van der Waals surface area contributed by atoms with Crippen LogP contribution in [0.5, 0.6) is 0 Å². The summed E-state index contributed by atoms with van der Waals surface area (Å²) >= 11 is 0. The molecular weight excluding hydrogens is 226 g/mol. The molecule has 0 spiro atoms. The van der Waals surface area contributed by atoms with Crippen LogP contribution in [0.15, 0.2) is 54.6 Å². The van der Waals surface area contributed by atoms with Gasteiger partial charge in [-0.05, 0) is 16.7 Å². The van der Waals surface area contributed by atoms with Crippen LogP contribution in [0.4, 0.5) is 0 Å². The fraction of sp³-hybridized carbons (Fsp3) is 0.200. The lowest BCUT2D eigenvalue weighted by atomic mass is 9.99. The van der Waals surface area contributed by atoms with E-state index in [-0.39, 0.29) is 6.61 Å². The largest absolute Gasteiger partial charge is 0.395 e. The first kappa shape index (κ1) is 12.8. The Morgan fingerprint density at radius 3 is 2.00 bits per heavy atom. The van der Waals surface area contributed by atoms with Crippen LogP contribution >= 0.6 is 0 Å². The van der Waals surface area contributed by atoms with Gasteiger partial charge in [-0.15, -0.1) is 0 Å². The van der Waals surface area contributed by atoms with E-state index < -0.39 is 12.1 Å². The first-order valence-electron chi connectivity index (χ1n) is 5.92. The Bertz CT molecular complexity index is 482. The highest BCUT2D eigenvalue weighted by atomic mass is 16.3. The van der Waals surface area contributed by atoms with Crippen molar-refractivity contribution in [2.24, 2.45) is 5.73 Å². The van der Waals surface area contributed by atoms with Crippen molar-refractivity contribution in [1.29, 1.82) is 0 Å². The zero-order chi connectivity index (χ0) is 13.0. The summed E-state index contributed by atoms with van der Waals surface area (Å²) in [5.41, 5.74) is 8.53. The molecule has 0 aliphatic carbocycles. The molecular formula is C15H17NO2. The average molecular weight is 243 g/mol. The van der Waals surface area contributed by atoms with Gasteiger partial charge in [0.15, 0.2) is 0 Å². The predicted octanol–water partition coefficient (Wildman–Crippen LogP) is 1.71. The number of hydrogen-bond donors (Lipinski definition) is 3. The molecule has 2 atom stereocenters. The maximum atomic E-state index is 9.87. The van der Waals surface area contributed by atoms with Crippen LogP contribution in [0.3, 0.4) is 0 Å². The van der Waals surface area contributed by atoms with E-state index in [1.54, 1.807) is 0 Å². The second kappa shape index (κ2) is 5.78. The van der Waals surface area contributed by atoms with Crippen molar-refractivity contribution in [3.8, 4) is 11.1 Å². The highest BCUT2D eigenvalue weighted by Crippen LogP contribution is 2.22. The maximum Gasteiger partial charge on any atom is 0.0963 e. The summed E-state index contributed by atoms with van der Waals surface area (Å²) in [5.74, 6) is 0. The van der Waals surface area contributed by atoms with E-state index >= 15 is 0 Å². The Kier molecular flexibility index (Phi) is 4.10. The smallest absolute Gasteiger partial charge is 0.0963 e. The number of rotatable bonds is 4. The molecule has 0 radical (unpaired) electrons. The molecule has 18 heavy (non-hydrogen) atoms. The molecule has 0 fully saturated rings. The van der Waals surface area contributed by atoms with Crippen molar-refractivity contribution in [2.45, 2.75) is 12.1 Å². The van der Waals surface area contributed by atoms with Gasteiger partial charge in [0.25, 0.3) is 0 Å². The molecule has 94 valence electrons. The number of aliphatic hydroxyl groups excluding tert-OH is 2. The van der Waals surface area contributed by atoms with Crippen molar-refractivity contribution in [1.82, 2.24) is 0 Å². The first-order chi connectivity index (χ1) is 8.72. The van der Waals surface area contributed by atoms with E-state index in [2.05, 4.69) is 0 Å². The Hall–Kier alpha value is -1.68. The molecule has 2 rings (SSSR count). The quantitative estimate of drug-likeness (QED) is 0.765. The first-order valence-corrected chi connectivity index (χ1v) is 5.92. The Balaban J connectivity index is 2.20. The van der Waals surface area contributed by atoms with Gasteiger partial charge in [-0.1, -0.05) is 54.6 Å². The minimum absolute atomic E-state index is 0.235. The van der Waals surface area contributed by atoms with E-state index in [0.717, 1.165) is 16.7 Å². The van der Waals surface area contributed by atoms with Gasteiger partial charge in [0, 0.05) is 0 Å². The fourth-order valence-corrected chi connectivity index (χ4v) is 1.85. The Morgan fingerprint density at radius 1 is 0.889 bits per heavy atom.